The van der Waals surface area contributed by atoms with Crippen LogP contribution >= 0.6 is 0 Å². The van der Waals surface area contributed by atoms with Crippen LogP contribution in [0.25, 0.3) is 0 Å². The average molecular weight is 218 g/mol. The zero-order chi connectivity index (χ0) is 0. The van der Waals surface area contributed by atoms with Gasteiger partial charge >= 0.3 is 44.8 Å². The van der Waals surface area contributed by atoms with Crippen LogP contribution in [0.15, 0.2) is 0 Å². The van der Waals surface area contributed by atoms with Crippen molar-refractivity contribution in [3.05, 3.63) is 0 Å². The maximum absolute atomic E-state index is 0. The van der Waals surface area contributed by atoms with Crippen LogP contribution in [0.5, 0.6) is 0 Å². The van der Waals surface area contributed by atoms with Gasteiger partial charge in [0.05, 0.1) is 0 Å². The van der Waals surface area contributed by atoms with E-state index in [-0.39, 0.29) is 55.7 Å². The van der Waals surface area contributed by atoms with E-state index < -0.39 is 0 Å². The van der Waals surface area contributed by atoms with Crippen LogP contribution in [-0.4, -0.2) is 0 Å². The molecule has 0 aromatic carbocycles. The minimum absolute atomic E-state index is 0. The first-order chi connectivity index (χ1) is 0. The topological polar surface area (TPSA) is 57.0 Å². The van der Waals surface area contributed by atoms with E-state index in [0.717, 1.165) is 0 Å². The van der Waals surface area contributed by atoms with Crippen LogP contribution in [0.3, 0.4) is 0 Å². The molecule has 0 amide bonds. The van der Waals surface area contributed by atoms with E-state index in [4.69, 9.17) is 0 Å². The van der Waals surface area contributed by atoms with Crippen molar-refractivity contribution in [1.82, 2.24) is 0 Å². The van der Waals surface area contributed by atoms with E-state index in [1.165, 1.54) is 0 Å². The first-order valence-corrected chi connectivity index (χ1v) is 0. The fourth-order valence-electron chi connectivity index (χ4n) is 0. The molecule has 0 aromatic heterocycles. The summed E-state index contributed by atoms with van der Waals surface area (Å²) in [7, 11) is 0. The van der Waals surface area contributed by atoms with Crippen molar-refractivity contribution < 1.29 is 55.7 Å². The summed E-state index contributed by atoms with van der Waals surface area (Å²) in [6.07, 6.45) is 0. The second-order valence-electron chi connectivity index (χ2n) is 0. The predicted octanol–water partition coefficient (Wildman–Crippen LogP) is -0.243. The Hall–Kier alpha value is 1.40. The van der Waals surface area contributed by atoms with Crippen LogP contribution in [0, 0.1) is 0 Å². The van der Waals surface area contributed by atoms with Gasteiger partial charge in [0.1, 0.15) is 0 Å². The van der Waals surface area contributed by atoms with Crippen LogP contribution in [0.1, 0.15) is 0 Å². The Labute approximate surface area is 55.6 Å². The molecule has 4 heteroatoms. The Morgan fingerprint density at radius 3 is 0.500 bits per heavy atom. The predicted molar refractivity (Wildman–Crippen MR) is 1.37 cm³/mol. The summed E-state index contributed by atoms with van der Waals surface area (Å²) >= 11 is 0. The fraction of sp³-hybridized carbons (Fsp3) is 0. The second-order valence-corrected chi connectivity index (χ2v) is 0. The largest absolute Gasteiger partial charge is 5.00 e. The molecule has 0 atom stereocenters. The van der Waals surface area contributed by atoms with Crippen molar-refractivity contribution in [3.63, 3.8) is 0 Å². The molecule has 0 unspecified atom stereocenters. The summed E-state index contributed by atoms with van der Waals surface area (Å²) in [5.41, 5.74) is 0. The molecule has 0 radical (unpaired) electrons. The molecular weight excluding hydrogens is 218 g/mol. The molecule has 0 aromatic rings. The van der Waals surface area contributed by atoms with E-state index in [2.05, 4.69) is 0 Å². The van der Waals surface area contributed by atoms with Crippen LogP contribution < -0.4 is 0 Å². The summed E-state index contributed by atoms with van der Waals surface area (Å²) in [5.74, 6) is 0. The van der Waals surface area contributed by atoms with Gasteiger partial charge in [0.15, 0.2) is 0 Å². The van der Waals surface area contributed by atoms with E-state index in [1.807, 2.05) is 0 Å². The van der Waals surface area contributed by atoms with Gasteiger partial charge in [-0.05, 0) is 0 Å². The molecular formula is Nb2O2+6. The summed E-state index contributed by atoms with van der Waals surface area (Å²) < 4.78 is 0. The van der Waals surface area contributed by atoms with Gasteiger partial charge in [-0.1, -0.05) is 0 Å². The molecule has 0 rings (SSSR count). The zero-order valence-electron chi connectivity index (χ0n) is 1.71. The smallest absolute Gasteiger partial charge is 2.00 e. The monoisotopic (exact) mass is 218 g/mol. The Bertz CT molecular complexity index is 4.00. The molecule has 4 heavy (non-hydrogen) atoms. The standard InChI is InChI=1S/2Nb.2O/q2*+5;2*-2. The minimum atomic E-state index is 0. The molecule has 0 heterocycles. The molecule has 0 bridgehead atoms. The van der Waals surface area contributed by atoms with E-state index >= 15 is 0 Å². The van der Waals surface area contributed by atoms with E-state index in [9.17, 15) is 0 Å². The first kappa shape index (κ1) is 53.3. The van der Waals surface area contributed by atoms with Gasteiger partial charge < -0.3 is 11.0 Å². The van der Waals surface area contributed by atoms with Gasteiger partial charge in [-0.25, -0.2) is 0 Å². The normalized spacial score (nSPS) is 0. The van der Waals surface area contributed by atoms with Crippen molar-refractivity contribution in [2.45, 2.75) is 0 Å². The van der Waals surface area contributed by atoms with Crippen LogP contribution in [0.2, 0.25) is 0 Å². The van der Waals surface area contributed by atoms with E-state index in [1.54, 1.807) is 0 Å². The van der Waals surface area contributed by atoms with Crippen molar-refractivity contribution in [3.8, 4) is 0 Å². The number of hydrogen-bond acceptors (Lipinski definition) is 0. The summed E-state index contributed by atoms with van der Waals surface area (Å²) in [6, 6.07) is 0. The molecule has 0 fully saturated rings. The molecule has 16 valence electrons. The Morgan fingerprint density at radius 1 is 0.500 bits per heavy atom. The van der Waals surface area contributed by atoms with Gasteiger partial charge in [-0.15, -0.1) is 0 Å². The maximum Gasteiger partial charge on any atom is 5.00 e. The molecule has 0 spiro atoms. The Morgan fingerprint density at radius 2 is 0.500 bits per heavy atom. The first-order valence-electron chi connectivity index (χ1n) is 0. The molecule has 0 aliphatic rings. The minimum Gasteiger partial charge on any atom is -2.00 e. The quantitative estimate of drug-likeness (QED) is 0.503. The summed E-state index contributed by atoms with van der Waals surface area (Å²) in [4.78, 5) is 0. The third kappa shape index (κ3) is 9.99. The van der Waals surface area contributed by atoms with Crippen molar-refractivity contribution in [2.75, 3.05) is 0 Å². The summed E-state index contributed by atoms with van der Waals surface area (Å²) in [5, 5.41) is 0. The summed E-state index contributed by atoms with van der Waals surface area (Å²) in [6.45, 7) is 0. The van der Waals surface area contributed by atoms with E-state index in [0.29, 0.717) is 0 Å². The fourth-order valence-corrected chi connectivity index (χ4v) is 0. The second kappa shape index (κ2) is 25.9. The van der Waals surface area contributed by atoms with Crippen molar-refractivity contribution >= 4 is 0 Å². The third-order valence-corrected chi connectivity index (χ3v) is 0. The van der Waals surface area contributed by atoms with Gasteiger partial charge in [-0.2, -0.15) is 0 Å². The van der Waals surface area contributed by atoms with Crippen LogP contribution in [0.4, 0.5) is 0 Å². The molecule has 0 aliphatic heterocycles. The number of rotatable bonds is 0. The van der Waals surface area contributed by atoms with Gasteiger partial charge in [0.25, 0.3) is 0 Å². The molecule has 0 N–H and O–H groups in total. The van der Waals surface area contributed by atoms with Gasteiger partial charge in [-0.3, -0.25) is 0 Å². The number of hydrogen-bond donors (Lipinski definition) is 0. The molecule has 0 saturated carbocycles. The Kier molecular flexibility index (Phi) is 346. The van der Waals surface area contributed by atoms with Gasteiger partial charge in [0, 0.05) is 0 Å². The Balaban J connectivity index is 0. The molecule has 0 aliphatic carbocycles. The van der Waals surface area contributed by atoms with Crippen LogP contribution in [-0.2, 0) is 55.7 Å². The van der Waals surface area contributed by atoms with Crippen molar-refractivity contribution in [2.24, 2.45) is 0 Å². The zero-order valence-corrected chi connectivity index (χ0v) is 6.11. The average Bonchev–Trinajstić information content (AvgIpc) is 0. The molecule has 0 saturated heterocycles. The SMILES string of the molecule is [Nb+5].[Nb+5].[O-2].[O-2]. The maximum atomic E-state index is 0. The van der Waals surface area contributed by atoms with Gasteiger partial charge in [0.2, 0.25) is 0 Å². The van der Waals surface area contributed by atoms with Crippen molar-refractivity contribution in [1.29, 1.82) is 0 Å². The molecule has 2 nitrogen and oxygen atoms in total. The third-order valence-electron chi connectivity index (χ3n) is 0.